The summed E-state index contributed by atoms with van der Waals surface area (Å²) < 4.78 is 10.9. The number of carbonyl (C=O) groups is 1. The van der Waals surface area contributed by atoms with Crippen molar-refractivity contribution in [1.82, 2.24) is 0 Å². The van der Waals surface area contributed by atoms with Crippen LogP contribution in [0.4, 0.5) is 5.69 Å². The van der Waals surface area contributed by atoms with Gasteiger partial charge in [0.15, 0.2) is 6.29 Å². The molecule has 5 heteroatoms. The van der Waals surface area contributed by atoms with Gasteiger partial charge in [-0.1, -0.05) is 62.3 Å². The molecule has 0 fully saturated rings. The summed E-state index contributed by atoms with van der Waals surface area (Å²) in [5.74, 6) is 0. The fourth-order valence-corrected chi connectivity index (χ4v) is 2.30. The molecule has 2 rings (SSSR count). The zero-order valence-electron chi connectivity index (χ0n) is 13.1. The highest BCUT2D eigenvalue weighted by molar-refractivity contribution is 5.78. The van der Waals surface area contributed by atoms with E-state index in [0.29, 0.717) is 6.61 Å². The Hall–Kier alpha value is -2.04. The highest BCUT2D eigenvalue weighted by Gasteiger charge is 2.29. The standard InChI is InChI=1S/C17H24N2O3/c1-2-3-4-5-6-10-13-21-17-18-19(16(14-20)22-17)15-11-8-7-9-12-15/h7-9,11-12,14,16H,2-6,10,13H2,1H3. The highest BCUT2D eigenvalue weighted by atomic mass is 16.7. The summed E-state index contributed by atoms with van der Waals surface area (Å²) in [5, 5.41) is 5.76. The van der Waals surface area contributed by atoms with E-state index in [1.165, 1.54) is 30.7 Å². The Labute approximate surface area is 131 Å². The van der Waals surface area contributed by atoms with Gasteiger partial charge in [-0.3, -0.25) is 4.79 Å². The van der Waals surface area contributed by atoms with E-state index in [9.17, 15) is 4.79 Å². The van der Waals surface area contributed by atoms with Crippen LogP contribution in [0.5, 0.6) is 0 Å². The molecule has 0 aliphatic carbocycles. The van der Waals surface area contributed by atoms with Crippen molar-refractivity contribution in [2.75, 3.05) is 11.6 Å². The first-order valence-corrected chi connectivity index (χ1v) is 8.02. The predicted octanol–water partition coefficient (Wildman–Crippen LogP) is 3.70. The summed E-state index contributed by atoms with van der Waals surface area (Å²) in [6.45, 7) is 2.78. The fraction of sp³-hybridized carbons (Fsp3) is 0.529. The second kappa shape index (κ2) is 9.07. The molecule has 1 aliphatic rings. The molecule has 1 aromatic rings. The number of hydrogen-bond acceptors (Lipinski definition) is 5. The van der Waals surface area contributed by atoms with Gasteiger partial charge in [-0.2, -0.15) is 0 Å². The number of para-hydroxylation sites is 1. The van der Waals surface area contributed by atoms with Gasteiger partial charge in [0, 0.05) is 0 Å². The van der Waals surface area contributed by atoms with E-state index in [1.807, 2.05) is 30.3 Å². The summed E-state index contributed by atoms with van der Waals surface area (Å²) >= 11 is 0. The average molecular weight is 304 g/mol. The van der Waals surface area contributed by atoms with Crippen molar-refractivity contribution in [1.29, 1.82) is 0 Å². The maximum atomic E-state index is 11.1. The Balaban J connectivity index is 1.76. The van der Waals surface area contributed by atoms with Crippen molar-refractivity contribution in [2.24, 2.45) is 5.10 Å². The second-order valence-corrected chi connectivity index (χ2v) is 5.31. The third-order valence-electron chi connectivity index (χ3n) is 3.51. The molecule has 1 aromatic carbocycles. The average Bonchev–Trinajstić information content (AvgIpc) is 2.98. The topological polar surface area (TPSA) is 51.1 Å². The molecule has 0 N–H and O–H groups in total. The SMILES string of the molecule is CCCCCCCCOC1=NN(c2ccccc2)C(C=O)O1. The van der Waals surface area contributed by atoms with Crippen LogP contribution in [0.3, 0.4) is 0 Å². The first-order chi connectivity index (χ1) is 10.8. The van der Waals surface area contributed by atoms with Gasteiger partial charge in [-0.15, -0.1) is 0 Å². The fourth-order valence-electron chi connectivity index (χ4n) is 2.30. The lowest BCUT2D eigenvalue weighted by Gasteiger charge is -2.15. The number of benzene rings is 1. The largest absolute Gasteiger partial charge is 0.449 e. The Morgan fingerprint density at radius 1 is 1.18 bits per heavy atom. The minimum absolute atomic E-state index is 0.175. The van der Waals surface area contributed by atoms with Crippen molar-refractivity contribution >= 4 is 18.1 Å². The molecular weight excluding hydrogens is 280 g/mol. The van der Waals surface area contributed by atoms with E-state index in [0.717, 1.165) is 24.8 Å². The monoisotopic (exact) mass is 304 g/mol. The third kappa shape index (κ3) is 4.76. The van der Waals surface area contributed by atoms with E-state index in [2.05, 4.69) is 12.0 Å². The molecule has 0 spiro atoms. The van der Waals surface area contributed by atoms with Crippen LogP contribution in [0.1, 0.15) is 45.4 Å². The van der Waals surface area contributed by atoms with E-state index in [4.69, 9.17) is 9.47 Å². The molecule has 1 aliphatic heterocycles. The minimum atomic E-state index is -0.748. The molecule has 5 nitrogen and oxygen atoms in total. The Morgan fingerprint density at radius 3 is 2.64 bits per heavy atom. The van der Waals surface area contributed by atoms with Crippen molar-refractivity contribution in [2.45, 2.75) is 51.7 Å². The van der Waals surface area contributed by atoms with Gasteiger partial charge < -0.3 is 9.47 Å². The smallest absolute Gasteiger partial charge is 0.408 e. The van der Waals surface area contributed by atoms with Crippen LogP contribution in [-0.2, 0) is 14.3 Å². The van der Waals surface area contributed by atoms with Crippen molar-refractivity contribution in [3.05, 3.63) is 30.3 Å². The van der Waals surface area contributed by atoms with Gasteiger partial charge >= 0.3 is 6.08 Å². The number of aldehydes is 1. The summed E-state index contributed by atoms with van der Waals surface area (Å²) in [5.41, 5.74) is 0.803. The molecule has 0 amide bonds. The van der Waals surface area contributed by atoms with Gasteiger partial charge in [-0.25, -0.2) is 5.01 Å². The Bertz CT molecular complexity index is 476. The van der Waals surface area contributed by atoms with Crippen LogP contribution in [-0.4, -0.2) is 25.2 Å². The van der Waals surface area contributed by atoms with Crippen LogP contribution in [0.15, 0.2) is 35.4 Å². The summed E-state index contributed by atoms with van der Waals surface area (Å²) in [6.07, 6.45) is 7.33. The number of ether oxygens (including phenoxy) is 2. The number of hydrazone groups is 1. The first-order valence-electron chi connectivity index (χ1n) is 8.02. The molecule has 120 valence electrons. The van der Waals surface area contributed by atoms with Crippen LogP contribution < -0.4 is 5.01 Å². The molecule has 0 saturated carbocycles. The van der Waals surface area contributed by atoms with Gasteiger partial charge in [0.25, 0.3) is 6.23 Å². The molecule has 0 aromatic heterocycles. The maximum Gasteiger partial charge on any atom is 0.408 e. The second-order valence-electron chi connectivity index (χ2n) is 5.31. The van der Waals surface area contributed by atoms with Gasteiger partial charge in [0.1, 0.15) is 0 Å². The summed E-state index contributed by atoms with van der Waals surface area (Å²) in [4.78, 5) is 11.1. The van der Waals surface area contributed by atoms with Crippen LogP contribution >= 0.6 is 0 Å². The molecule has 1 heterocycles. The normalized spacial score (nSPS) is 17.0. The summed E-state index contributed by atoms with van der Waals surface area (Å²) in [6, 6.07) is 9.44. The van der Waals surface area contributed by atoms with E-state index in [-0.39, 0.29) is 6.08 Å². The Kier molecular flexibility index (Phi) is 6.74. The molecule has 22 heavy (non-hydrogen) atoms. The van der Waals surface area contributed by atoms with Crippen LogP contribution in [0.25, 0.3) is 0 Å². The predicted molar refractivity (Wildman–Crippen MR) is 86.6 cm³/mol. The zero-order valence-corrected chi connectivity index (χ0v) is 13.1. The van der Waals surface area contributed by atoms with E-state index < -0.39 is 6.23 Å². The lowest BCUT2D eigenvalue weighted by Crippen LogP contribution is -2.29. The summed E-state index contributed by atoms with van der Waals surface area (Å²) in [7, 11) is 0. The van der Waals surface area contributed by atoms with Gasteiger partial charge in [0.05, 0.1) is 12.3 Å². The Morgan fingerprint density at radius 2 is 1.91 bits per heavy atom. The molecular formula is C17H24N2O3. The van der Waals surface area contributed by atoms with Gasteiger partial charge in [-0.05, 0) is 18.6 Å². The molecule has 1 atom stereocenters. The highest BCUT2D eigenvalue weighted by Crippen LogP contribution is 2.21. The van der Waals surface area contributed by atoms with E-state index >= 15 is 0 Å². The van der Waals surface area contributed by atoms with E-state index in [1.54, 1.807) is 0 Å². The van der Waals surface area contributed by atoms with Crippen LogP contribution in [0, 0.1) is 0 Å². The number of unbranched alkanes of at least 4 members (excludes halogenated alkanes) is 5. The van der Waals surface area contributed by atoms with Crippen molar-refractivity contribution in [3.8, 4) is 0 Å². The number of anilines is 1. The number of hydrogen-bond donors (Lipinski definition) is 0. The first kappa shape index (κ1) is 16.3. The van der Waals surface area contributed by atoms with Crippen molar-refractivity contribution in [3.63, 3.8) is 0 Å². The quantitative estimate of drug-likeness (QED) is 0.515. The lowest BCUT2D eigenvalue weighted by molar-refractivity contribution is -0.114. The third-order valence-corrected chi connectivity index (χ3v) is 3.51. The number of carbonyl (C=O) groups excluding carboxylic acids is 1. The minimum Gasteiger partial charge on any atom is -0.449 e. The lowest BCUT2D eigenvalue weighted by atomic mass is 10.1. The number of rotatable bonds is 9. The zero-order chi connectivity index (χ0) is 15.6. The van der Waals surface area contributed by atoms with Crippen LogP contribution in [0.2, 0.25) is 0 Å². The number of nitrogens with zero attached hydrogens (tertiary/aromatic N) is 2. The maximum absolute atomic E-state index is 11.1. The molecule has 0 bridgehead atoms. The molecule has 0 radical (unpaired) electrons. The molecule has 0 saturated heterocycles. The van der Waals surface area contributed by atoms with Crippen molar-refractivity contribution < 1.29 is 14.3 Å². The molecule has 1 unspecified atom stereocenters. The van der Waals surface area contributed by atoms with Gasteiger partial charge in [0.2, 0.25) is 0 Å².